The first kappa shape index (κ1) is 19.2. The van der Waals surface area contributed by atoms with Gasteiger partial charge in [0.2, 0.25) is 11.6 Å². The molecular formula is C21H25BrO5. The predicted octanol–water partition coefficient (Wildman–Crippen LogP) is 2.28. The summed E-state index contributed by atoms with van der Waals surface area (Å²) < 4.78 is -0.408. The molecular weight excluding hydrogens is 412 g/mol. The lowest BCUT2D eigenvalue weighted by molar-refractivity contribution is -0.160. The fourth-order valence-electron chi connectivity index (χ4n) is 6.41. The zero-order valence-electron chi connectivity index (χ0n) is 15.6. The van der Waals surface area contributed by atoms with Gasteiger partial charge >= 0.3 is 0 Å². The second-order valence-electron chi connectivity index (χ2n) is 9.15. The van der Waals surface area contributed by atoms with E-state index >= 15 is 0 Å². The molecule has 0 bridgehead atoms. The summed E-state index contributed by atoms with van der Waals surface area (Å²) >= 11 is 4.00. The largest absolute Gasteiger partial charge is 0.388 e. The molecule has 0 aromatic heterocycles. The maximum Gasteiger partial charge on any atom is 0.221 e. The molecule has 2 saturated carbocycles. The summed E-state index contributed by atoms with van der Waals surface area (Å²) in [7, 11) is 0. The van der Waals surface area contributed by atoms with E-state index in [0.29, 0.717) is 25.7 Å². The fraction of sp³-hybridized carbons (Fsp3) is 0.667. The minimum Gasteiger partial charge on any atom is -0.388 e. The molecule has 6 heteroatoms. The SMILES string of the molecule is C[C@]12CC(=O)C(=O)C=C1C=C[C@H]1[C@@H]3CC[C@](O)(C(=O)CO)[C@@]3(C)CC[C@@]12Br. The molecule has 0 unspecified atom stereocenters. The third-order valence-electron chi connectivity index (χ3n) is 8.27. The molecule has 0 aromatic carbocycles. The molecule has 0 spiro atoms. The number of rotatable bonds is 2. The highest BCUT2D eigenvalue weighted by molar-refractivity contribution is 9.10. The molecule has 4 rings (SSSR count). The van der Waals surface area contributed by atoms with E-state index in [-0.39, 0.29) is 24.0 Å². The van der Waals surface area contributed by atoms with Crippen molar-refractivity contribution in [2.45, 2.75) is 55.9 Å². The molecule has 0 amide bonds. The molecule has 0 heterocycles. The maximum absolute atomic E-state index is 12.4. The van der Waals surface area contributed by atoms with Crippen molar-refractivity contribution in [3.05, 3.63) is 23.8 Å². The third-order valence-corrected chi connectivity index (χ3v) is 10.1. The summed E-state index contributed by atoms with van der Waals surface area (Å²) in [5.74, 6) is -1.22. The van der Waals surface area contributed by atoms with Crippen LogP contribution < -0.4 is 0 Å². The first-order valence-corrected chi connectivity index (χ1v) is 10.4. The van der Waals surface area contributed by atoms with Crippen LogP contribution in [0.1, 0.15) is 46.0 Å². The Hall–Kier alpha value is -1.11. The van der Waals surface area contributed by atoms with Crippen molar-refractivity contribution < 1.29 is 24.6 Å². The summed E-state index contributed by atoms with van der Waals surface area (Å²) in [6.45, 7) is 3.35. The Morgan fingerprint density at radius 2 is 1.96 bits per heavy atom. The van der Waals surface area contributed by atoms with Crippen molar-refractivity contribution in [2.75, 3.05) is 6.61 Å². The van der Waals surface area contributed by atoms with Gasteiger partial charge in [0.25, 0.3) is 0 Å². The van der Waals surface area contributed by atoms with Gasteiger partial charge in [-0.3, -0.25) is 14.4 Å². The molecule has 4 aliphatic carbocycles. The molecule has 2 fully saturated rings. The number of aliphatic hydroxyl groups excluding tert-OH is 1. The van der Waals surface area contributed by atoms with Gasteiger partial charge in [0.1, 0.15) is 12.2 Å². The molecule has 27 heavy (non-hydrogen) atoms. The third kappa shape index (κ3) is 2.15. The summed E-state index contributed by atoms with van der Waals surface area (Å²) in [4.78, 5) is 36.5. The Balaban J connectivity index is 1.81. The average Bonchev–Trinajstić information content (AvgIpc) is 2.90. The Morgan fingerprint density at radius 3 is 2.63 bits per heavy atom. The first-order chi connectivity index (χ1) is 12.5. The number of carbonyl (C=O) groups is 3. The average molecular weight is 437 g/mol. The van der Waals surface area contributed by atoms with Crippen LogP contribution in [0.15, 0.2) is 23.8 Å². The van der Waals surface area contributed by atoms with E-state index < -0.39 is 38.9 Å². The lowest BCUT2D eigenvalue weighted by Gasteiger charge is -2.61. The second kappa shape index (κ2) is 5.71. The van der Waals surface area contributed by atoms with Gasteiger partial charge in [0.05, 0.1) is 0 Å². The number of carbonyl (C=O) groups excluding carboxylic acids is 3. The number of ketones is 3. The van der Waals surface area contributed by atoms with Gasteiger partial charge in [-0.25, -0.2) is 0 Å². The van der Waals surface area contributed by atoms with Crippen molar-refractivity contribution in [3.63, 3.8) is 0 Å². The predicted molar refractivity (Wildman–Crippen MR) is 102 cm³/mol. The topological polar surface area (TPSA) is 91.7 Å². The molecule has 146 valence electrons. The first-order valence-electron chi connectivity index (χ1n) is 9.56. The van der Waals surface area contributed by atoms with Gasteiger partial charge in [0, 0.05) is 21.6 Å². The van der Waals surface area contributed by atoms with Gasteiger partial charge in [-0.1, -0.05) is 41.9 Å². The minimum atomic E-state index is -1.51. The van der Waals surface area contributed by atoms with E-state index in [0.717, 1.165) is 5.57 Å². The normalized spacial score (nSPS) is 48.6. The zero-order chi connectivity index (χ0) is 19.8. The molecule has 0 radical (unpaired) electrons. The fourth-order valence-corrected chi connectivity index (χ4v) is 7.45. The molecule has 0 saturated heterocycles. The monoisotopic (exact) mass is 436 g/mol. The van der Waals surface area contributed by atoms with E-state index in [2.05, 4.69) is 22.0 Å². The number of alkyl halides is 1. The summed E-state index contributed by atoms with van der Waals surface area (Å²) in [5.41, 5.74) is -1.75. The molecule has 0 aromatic rings. The van der Waals surface area contributed by atoms with Gasteiger partial charge < -0.3 is 10.2 Å². The van der Waals surface area contributed by atoms with Gasteiger partial charge in [-0.2, -0.15) is 0 Å². The van der Waals surface area contributed by atoms with Crippen LogP contribution in [0.5, 0.6) is 0 Å². The summed E-state index contributed by atoms with van der Waals surface area (Å²) in [6, 6.07) is 0. The highest BCUT2D eigenvalue weighted by Crippen LogP contribution is 2.70. The molecule has 5 nitrogen and oxygen atoms in total. The number of fused-ring (bicyclic) bond motifs is 5. The van der Waals surface area contributed by atoms with Crippen LogP contribution in [-0.4, -0.2) is 44.1 Å². The van der Waals surface area contributed by atoms with Crippen molar-refractivity contribution in [2.24, 2.45) is 22.7 Å². The van der Waals surface area contributed by atoms with E-state index in [4.69, 9.17) is 0 Å². The number of Topliss-reactive ketones (excluding diaryl/α,β-unsaturated/α-hetero) is 2. The number of hydrogen-bond donors (Lipinski definition) is 2. The van der Waals surface area contributed by atoms with Gasteiger partial charge in [-0.05, 0) is 49.2 Å². The summed E-state index contributed by atoms with van der Waals surface area (Å²) in [5, 5.41) is 20.6. The standard InChI is InChI=1S/C21H25BrO5/c1-18-7-8-20(22)14(13(18)5-6-21(18,27)17(26)11-23)4-3-12-9-15(24)16(25)10-19(12,20)2/h3-4,9,13-14,23,27H,5-8,10-11H2,1-2H3/t13-,14-,18-,19-,20+,21-/m0/s1. The highest BCUT2D eigenvalue weighted by Gasteiger charge is 2.69. The molecule has 2 N–H and O–H groups in total. The molecule has 4 aliphatic rings. The van der Waals surface area contributed by atoms with Crippen LogP contribution >= 0.6 is 15.9 Å². The summed E-state index contributed by atoms with van der Waals surface area (Å²) in [6.07, 6.45) is 7.99. The van der Waals surface area contributed by atoms with Crippen molar-refractivity contribution in [1.29, 1.82) is 0 Å². The highest BCUT2D eigenvalue weighted by atomic mass is 79.9. The van der Waals surface area contributed by atoms with Crippen LogP contribution in [0.3, 0.4) is 0 Å². The van der Waals surface area contributed by atoms with Gasteiger partial charge in [-0.15, -0.1) is 0 Å². The Bertz CT molecular complexity index is 815. The number of hydrogen-bond acceptors (Lipinski definition) is 5. The van der Waals surface area contributed by atoms with Crippen LogP contribution in [0.2, 0.25) is 0 Å². The number of allylic oxidation sites excluding steroid dienone is 4. The van der Waals surface area contributed by atoms with E-state index in [9.17, 15) is 24.6 Å². The lowest BCUT2D eigenvalue weighted by atomic mass is 9.47. The smallest absolute Gasteiger partial charge is 0.221 e. The molecule has 0 aliphatic heterocycles. The number of aliphatic hydroxyl groups is 2. The van der Waals surface area contributed by atoms with E-state index in [1.807, 2.05) is 19.9 Å². The van der Waals surface area contributed by atoms with Crippen LogP contribution in [-0.2, 0) is 14.4 Å². The van der Waals surface area contributed by atoms with E-state index in [1.165, 1.54) is 6.08 Å². The van der Waals surface area contributed by atoms with Crippen LogP contribution in [0.4, 0.5) is 0 Å². The van der Waals surface area contributed by atoms with Gasteiger partial charge in [0.15, 0.2) is 5.78 Å². The Kier molecular flexibility index (Phi) is 4.06. The maximum atomic E-state index is 12.4. The molecule has 6 atom stereocenters. The Labute approximate surface area is 167 Å². The number of halogens is 1. The van der Waals surface area contributed by atoms with E-state index in [1.54, 1.807) is 0 Å². The quantitative estimate of drug-likeness (QED) is 0.511. The van der Waals surface area contributed by atoms with Crippen LogP contribution in [0.25, 0.3) is 0 Å². The van der Waals surface area contributed by atoms with Crippen LogP contribution in [0, 0.1) is 22.7 Å². The van der Waals surface area contributed by atoms with Crippen molar-refractivity contribution in [1.82, 2.24) is 0 Å². The minimum absolute atomic E-state index is 0.0277. The lowest BCUT2D eigenvalue weighted by Crippen LogP contribution is -2.62. The Morgan fingerprint density at radius 1 is 1.26 bits per heavy atom. The second-order valence-corrected chi connectivity index (χ2v) is 10.6. The van der Waals surface area contributed by atoms with Crippen molar-refractivity contribution >= 4 is 33.3 Å². The van der Waals surface area contributed by atoms with Crippen molar-refractivity contribution in [3.8, 4) is 0 Å². The zero-order valence-corrected chi connectivity index (χ0v) is 17.2.